The van der Waals surface area contributed by atoms with Gasteiger partial charge in [0.25, 0.3) is 5.91 Å². The van der Waals surface area contributed by atoms with E-state index in [9.17, 15) is 18.0 Å². The molecule has 3 rings (SSSR count). The van der Waals surface area contributed by atoms with Gasteiger partial charge in [0, 0.05) is 28.6 Å². The maximum atomic E-state index is 13.4. The molecular weight excluding hydrogens is 387 g/mol. The zero-order chi connectivity index (χ0) is 20.3. The summed E-state index contributed by atoms with van der Waals surface area (Å²) < 4.78 is 45.2. The molecule has 1 aliphatic rings. The molecule has 0 bridgehead atoms. The first kappa shape index (κ1) is 20.6. The molecule has 0 unspecified atom stereocenters. The van der Waals surface area contributed by atoms with Gasteiger partial charge in [0.1, 0.15) is 5.75 Å². The molecule has 3 nitrogen and oxygen atoms in total. The largest absolute Gasteiger partial charge is 0.496 e. The van der Waals surface area contributed by atoms with Crippen LogP contribution in [-0.2, 0) is 0 Å². The van der Waals surface area contributed by atoms with Gasteiger partial charge in [-0.05, 0) is 49.8 Å². The highest BCUT2D eigenvalue weighted by molar-refractivity contribution is 8.00. The summed E-state index contributed by atoms with van der Waals surface area (Å²) >= 11 is 1.69. The summed E-state index contributed by atoms with van der Waals surface area (Å²) in [6.07, 6.45) is 4.59. The van der Waals surface area contributed by atoms with E-state index in [0.717, 1.165) is 35.8 Å². The molecule has 150 valence electrons. The number of anilines is 1. The van der Waals surface area contributed by atoms with Crippen LogP contribution in [0.15, 0.2) is 35.2 Å². The Morgan fingerprint density at radius 3 is 2.32 bits per heavy atom. The third kappa shape index (κ3) is 4.82. The van der Waals surface area contributed by atoms with E-state index in [1.807, 2.05) is 0 Å². The molecule has 0 spiro atoms. The van der Waals surface area contributed by atoms with E-state index in [4.69, 9.17) is 4.74 Å². The molecule has 0 atom stereocenters. The standard InChI is InChI=1S/C21H22F3NO2S/c1-12-3-6-15(7-4-12)28-19-9-13(5-8-18(19)27-2)21(26)25-14-10-16(22)20(24)17(23)11-14/h5,8-12,15H,3-4,6-7H2,1-2H3,(H,25,26). The predicted octanol–water partition coefficient (Wildman–Crippen LogP) is 6.04. The number of nitrogens with one attached hydrogen (secondary N) is 1. The third-order valence-corrected chi connectivity index (χ3v) is 6.30. The lowest BCUT2D eigenvalue weighted by Crippen LogP contribution is -2.15. The number of thioether (sulfide) groups is 1. The summed E-state index contributed by atoms with van der Waals surface area (Å²) in [7, 11) is 1.58. The first-order chi connectivity index (χ1) is 13.4. The van der Waals surface area contributed by atoms with E-state index in [2.05, 4.69) is 12.2 Å². The zero-order valence-corrected chi connectivity index (χ0v) is 16.5. The average molecular weight is 409 g/mol. The van der Waals surface area contributed by atoms with Gasteiger partial charge >= 0.3 is 0 Å². The van der Waals surface area contributed by atoms with Gasteiger partial charge in [-0.2, -0.15) is 0 Å². The molecule has 0 aliphatic heterocycles. The number of hydrogen-bond acceptors (Lipinski definition) is 3. The summed E-state index contributed by atoms with van der Waals surface area (Å²) in [6.45, 7) is 2.26. The van der Waals surface area contributed by atoms with Gasteiger partial charge in [0.05, 0.1) is 12.0 Å². The maximum Gasteiger partial charge on any atom is 0.255 e. The Morgan fingerprint density at radius 1 is 1.07 bits per heavy atom. The lowest BCUT2D eigenvalue weighted by molar-refractivity contribution is 0.102. The molecule has 0 saturated heterocycles. The first-order valence-electron chi connectivity index (χ1n) is 9.18. The molecule has 1 amide bonds. The van der Waals surface area contributed by atoms with E-state index < -0.39 is 23.4 Å². The molecular formula is C21H22F3NO2S. The predicted molar refractivity (Wildman–Crippen MR) is 105 cm³/mol. The molecule has 2 aromatic carbocycles. The molecule has 2 aromatic rings. The Bertz CT molecular complexity index is 844. The Balaban J connectivity index is 1.77. The van der Waals surface area contributed by atoms with Crippen molar-refractivity contribution in [1.82, 2.24) is 0 Å². The van der Waals surface area contributed by atoms with E-state index in [-0.39, 0.29) is 5.69 Å². The fourth-order valence-electron chi connectivity index (χ4n) is 3.27. The smallest absolute Gasteiger partial charge is 0.255 e. The minimum atomic E-state index is -1.57. The van der Waals surface area contributed by atoms with Gasteiger partial charge in [0.2, 0.25) is 0 Å². The highest BCUT2D eigenvalue weighted by Gasteiger charge is 2.21. The Kier molecular flexibility index (Phi) is 6.54. The summed E-state index contributed by atoms with van der Waals surface area (Å²) in [5.41, 5.74) is 0.185. The van der Waals surface area contributed by atoms with Crippen molar-refractivity contribution in [2.24, 2.45) is 5.92 Å². The van der Waals surface area contributed by atoms with Crippen LogP contribution in [0.5, 0.6) is 5.75 Å². The Labute approximate surface area is 166 Å². The van der Waals surface area contributed by atoms with Gasteiger partial charge in [-0.1, -0.05) is 6.92 Å². The van der Waals surface area contributed by atoms with Crippen LogP contribution in [0.4, 0.5) is 18.9 Å². The topological polar surface area (TPSA) is 38.3 Å². The van der Waals surface area contributed by atoms with Gasteiger partial charge in [-0.3, -0.25) is 4.79 Å². The highest BCUT2D eigenvalue weighted by Crippen LogP contribution is 2.40. The van der Waals surface area contributed by atoms with Crippen molar-refractivity contribution in [2.75, 3.05) is 12.4 Å². The van der Waals surface area contributed by atoms with Gasteiger partial charge < -0.3 is 10.1 Å². The SMILES string of the molecule is COc1ccc(C(=O)Nc2cc(F)c(F)c(F)c2)cc1SC1CCC(C)CC1. The minimum Gasteiger partial charge on any atom is -0.496 e. The van der Waals surface area contributed by atoms with Crippen molar-refractivity contribution in [3.63, 3.8) is 0 Å². The quantitative estimate of drug-likeness (QED) is 0.612. The number of rotatable bonds is 5. The molecule has 0 heterocycles. The molecule has 0 aromatic heterocycles. The fourth-order valence-corrected chi connectivity index (χ4v) is 4.60. The van der Waals surface area contributed by atoms with Crippen LogP contribution in [0, 0.1) is 23.4 Å². The first-order valence-corrected chi connectivity index (χ1v) is 10.1. The molecule has 0 radical (unpaired) electrons. The van der Waals surface area contributed by atoms with E-state index in [1.54, 1.807) is 37.1 Å². The number of hydrogen-bond donors (Lipinski definition) is 1. The van der Waals surface area contributed by atoms with Crippen LogP contribution in [-0.4, -0.2) is 18.3 Å². The molecule has 7 heteroatoms. The average Bonchev–Trinajstić information content (AvgIpc) is 2.67. The van der Waals surface area contributed by atoms with Crippen LogP contribution in [0.1, 0.15) is 43.0 Å². The van der Waals surface area contributed by atoms with Crippen molar-refractivity contribution < 1.29 is 22.7 Å². The number of benzene rings is 2. The molecule has 1 fully saturated rings. The van der Waals surface area contributed by atoms with Gasteiger partial charge in [-0.15, -0.1) is 11.8 Å². The number of carbonyl (C=O) groups excluding carboxylic acids is 1. The van der Waals surface area contributed by atoms with Crippen LogP contribution in [0.3, 0.4) is 0 Å². The number of carbonyl (C=O) groups is 1. The molecule has 1 aliphatic carbocycles. The maximum absolute atomic E-state index is 13.4. The zero-order valence-electron chi connectivity index (χ0n) is 15.7. The van der Waals surface area contributed by atoms with E-state index in [0.29, 0.717) is 16.6 Å². The number of halogens is 3. The highest BCUT2D eigenvalue weighted by atomic mass is 32.2. The number of amides is 1. The van der Waals surface area contributed by atoms with Crippen LogP contribution in [0.25, 0.3) is 0 Å². The van der Waals surface area contributed by atoms with E-state index in [1.165, 1.54) is 12.8 Å². The Morgan fingerprint density at radius 2 is 1.71 bits per heavy atom. The third-order valence-electron chi connectivity index (χ3n) is 4.92. The number of ether oxygens (including phenoxy) is 1. The number of methoxy groups -OCH3 is 1. The summed E-state index contributed by atoms with van der Waals surface area (Å²) in [5.74, 6) is -3.39. The van der Waals surface area contributed by atoms with Crippen LogP contribution in [0.2, 0.25) is 0 Å². The fraction of sp³-hybridized carbons (Fsp3) is 0.381. The second-order valence-corrected chi connectivity index (χ2v) is 8.42. The summed E-state index contributed by atoms with van der Waals surface area (Å²) in [5, 5.41) is 2.87. The van der Waals surface area contributed by atoms with Gasteiger partial charge in [-0.25, -0.2) is 13.2 Å². The van der Waals surface area contributed by atoms with Crippen molar-refractivity contribution >= 4 is 23.4 Å². The Hall–Kier alpha value is -2.15. The van der Waals surface area contributed by atoms with Crippen molar-refractivity contribution in [2.45, 2.75) is 42.8 Å². The normalized spacial score (nSPS) is 19.3. The monoisotopic (exact) mass is 409 g/mol. The second-order valence-electron chi connectivity index (χ2n) is 7.07. The lowest BCUT2D eigenvalue weighted by Gasteiger charge is -2.26. The van der Waals surface area contributed by atoms with Crippen LogP contribution < -0.4 is 10.1 Å². The summed E-state index contributed by atoms with van der Waals surface area (Å²) in [4.78, 5) is 13.4. The van der Waals surface area contributed by atoms with Crippen LogP contribution >= 0.6 is 11.8 Å². The molecule has 28 heavy (non-hydrogen) atoms. The van der Waals surface area contributed by atoms with E-state index >= 15 is 0 Å². The van der Waals surface area contributed by atoms with Crippen molar-refractivity contribution in [3.05, 3.63) is 53.3 Å². The van der Waals surface area contributed by atoms with Crippen molar-refractivity contribution in [1.29, 1.82) is 0 Å². The lowest BCUT2D eigenvalue weighted by atomic mass is 9.91. The van der Waals surface area contributed by atoms with Gasteiger partial charge in [0.15, 0.2) is 17.5 Å². The minimum absolute atomic E-state index is 0.146. The molecule has 1 saturated carbocycles. The summed E-state index contributed by atoms with van der Waals surface area (Å²) in [6, 6.07) is 6.50. The second kappa shape index (κ2) is 8.90. The van der Waals surface area contributed by atoms with Crippen molar-refractivity contribution in [3.8, 4) is 5.75 Å². The molecule has 1 N–H and O–H groups in total.